The SMILES string of the molecule is C[C@H](O)[C@@H](NC(=O)Nc1cc2[nH]nc(OCCO)c2c(CO)n1)c1ccccc1. The Morgan fingerprint density at radius 2 is 2.03 bits per heavy atom. The molecule has 0 bridgehead atoms. The van der Waals surface area contributed by atoms with E-state index in [2.05, 4.69) is 25.8 Å². The molecular formula is C19H23N5O5. The van der Waals surface area contributed by atoms with Crippen LogP contribution in [0, 0.1) is 0 Å². The van der Waals surface area contributed by atoms with Crippen molar-refractivity contribution < 1.29 is 24.9 Å². The van der Waals surface area contributed by atoms with Gasteiger partial charge in [0.2, 0.25) is 5.88 Å². The molecule has 2 aromatic heterocycles. The molecule has 154 valence electrons. The van der Waals surface area contributed by atoms with Crippen LogP contribution in [-0.2, 0) is 6.61 Å². The van der Waals surface area contributed by atoms with E-state index in [0.717, 1.165) is 5.56 Å². The van der Waals surface area contributed by atoms with Crippen LogP contribution in [0.2, 0.25) is 0 Å². The van der Waals surface area contributed by atoms with Crippen molar-refractivity contribution in [1.29, 1.82) is 0 Å². The van der Waals surface area contributed by atoms with Crippen molar-refractivity contribution in [3.05, 3.63) is 47.7 Å². The Labute approximate surface area is 166 Å². The number of benzene rings is 1. The van der Waals surface area contributed by atoms with E-state index >= 15 is 0 Å². The fourth-order valence-electron chi connectivity index (χ4n) is 2.95. The van der Waals surface area contributed by atoms with E-state index in [4.69, 9.17) is 9.84 Å². The Morgan fingerprint density at radius 3 is 2.69 bits per heavy atom. The maximum Gasteiger partial charge on any atom is 0.320 e. The molecule has 1 aromatic carbocycles. The van der Waals surface area contributed by atoms with Gasteiger partial charge in [-0.05, 0) is 12.5 Å². The van der Waals surface area contributed by atoms with E-state index < -0.39 is 24.8 Å². The number of hydrogen-bond donors (Lipinski definition) is 6. The van der Waals surface area contributed by atoms with Crippen LogP contribution in [0.25, 0.3) is 10.9 Å². The van der Waals surface area contributed by atoms with E-state index in [9.17, 15) is 15.0 Å². The summed E-state index contributed by atoms with van der Waals surface area (Å²) in [6, 6.07) is 9.49. The number of amides is 2. The molecule has 29 heavy (non-hydrogen) atoms. The van der Waals surface area contributed by atoms with Gasteiger partial charge in [-0.15, -0.1) is 5.10 Å². The molecule has 2 atom stereocenters. The zero-order valence-corrected chi connectivity index (χ0v) is 15.8. The maximum absolute atomic E-state index is 12.5. The predicted molar refractivity (Wildman–Crippen MR) is 105 cm³/mol. The molecule has 6 N–H and O–H groups in total. The second kappa shape index (κ2) is 9.32. The number of fused-ring (bicyclic) bond motifs is 1. The summed E-state index contributed by atoms with van der Waals surface area (Å²) in [6.07, 6.45) is -0.814. The first-order chi connectivity index (χ1) is 14.0. The molecule has 0 spiro atoms. The first kappa shape index (κ1) is 20.5. The summed E-state index contributed by atoms with van der Waals surface area (Å²) in [5.74, 6) is 0.397. The maximum atomic E-state index is 12.5. The van der Waals surface area contributed by atoms with E-state index in [0.29, 0.717) is 10.9 Å². The van der Waals surface area contributed by atoms with Gasteiger partial charge < -0.3 is 25.4 Å². The van der Waals surface area contributed by atoms with Gasteiger partial charge in [0.25, 0.3) is 0 Å². The molecule has 2 heterocycles. The number of carbonyl (C=O) groups is 1. The van der Waals surface area contributed by atoms with Crippen LogP contribution in [0.5, 0.6) is 5.88 Å². The van der Waals surface area contributed by atoms with Gasteiger partial charge in [0.15, 0.2) is 0 Å². The summed E-state index contributed by atoms with van der Waals surface area (Å²) in [6.45, 7) is 1.06. The number of H-pyrrole nitrogens is 1. The topological polar surface area (TPSA) is 153 Å². The monoisotopic (exact) mass is 401 g/mol. The first-order valence-corrected chi connectivity index (χ1v) is 9.06. The minimum atomic E-state index is -0.814. The number of aliphatic hydroxyl groups is 3. The molecule has 0 aliphatic carbocycles. The van der Waals surface area contributed by atoms with Crippen molar-refractivity contribution in [1.82, 2.24) is 20.5 Å². The first-order valence-electron chi connectivity index (χ1n) is 9.06. The molecule has 0 aliphatic heterocycles. The molecular weight excluding hydrogens is 378 g/mol. The molecule has 3 aromatic rings. The van der Waals surface area contributed by atoms with E-state index in [-0.39, 0.29) is 30.6 Å². The van der Waals surface area contributed by atoms with Crippen LogP contribution < -0.4 is 15.4 Å². The number of pyridine rings is 1. The van der Waals surface area contributed by atoms with Gasteiger partial charge in [-0.25, -0.2) is 9.78 Å². The molecule has 0 radical (unpaired) electrons. The van der Waals surface area contributed by atoms with Crippen LogP contribution in [0.1, 0.15) is 24.2 Å². The fraction of sp³-hybridized carbons (Fsp3) is 0.316. The molecule has 0 saturated carbocycles. The van der Waals surface area contributed by atoms with Gasteiger partial charge >= 0.3 is 6.03 Å². The lowest BCUT2D eigenvalue weighted by molar-refractivity contribution is 0.148. The van der Waals surface area contributed by atoms with Gasteiger partial charge in [0.05, 0.1) is 42.0 Å². The highest BCUT2D eigenvalue weighted by Crippen LogP contribution is 2.28. The number of aromatic amines is 1. The van der Waals surface area contributed by atoms with Crippen molar-refractivity contribution in [2.24, 2.45) is 0 Å². The van der Waals surface area contributed by atoms with Crippen LogP contribution in [0.4, 0.5) is 10.6 Å². The molecule has 0 aliphatic rings. The second-order valence-corrected chi connectivity index (χ2v) is 6.36. The van der Waals surface area contributed by atoms with Gasteiger partial charge in [-0.3, -0.25) is 10.4 Å². The zero-order chi connectivity index (χ0) is 20.8. The number of rotatable bonds is 8. The summed E-state index contributed by atoms with van der Waals surface area (Å²) >= 11 is 0. The number of carbonyl (C=O) groups excluding carboxylic acids is 1. The van der Waals surface area contributed by atoms with Gasteiger partial charge in [0.1, 0.15) is 12.4 Å². The lowest BCUT2D eigenvalue weighted by atomic mass is 10.0. The summed E-state index contributed by atoms with van der Waals surface area (Å²) < 4.78 is 5.33. The van der Waals surface area contributed by atoms with E-state index in [1.54, 1.807) is 13.0 Å². The number of urea groups is 1. The van der Waals surface area contributed by atoms with Crippen molar-refractivity contribution in [2.45, 2.75) is 25.7 Å². The van der Waals surface area contributed by atoms with Gasteiger partial charge in [-0.2, -0.15) is 0 Å². The third-order valence-corrected chi connectivity index (χ3v) is 4.24. The minimum absolute atomic E-state index is 0.0491. The normalized spacial score (nSPS) is 13.1. The van der Waals surface area contributed by atoms with Crippen molar-refractivity contribution in [3.8, 4) is 5.88 Å². The summed E-state index contributed by atoms with van der Waals surface area (Å²) in [5, 5.41) is 41.1. The summed E-state index contributed by atoms with van der Waals surface area (Å²) in [4.78, 5) is 16.7. The zero-order valence-electron chi connectivity index (χ0n) is 15.8. The Morgan fingerprint density at radius 1 is 1.28 bits per heavy atom. The quantitative estimate of drug-likeness (QED) is 0.330. The summed E-state index contributed by atoms with van der Waals surface area (Å²) in [5.41, 5.74) is 1.52. The third kappa shape index (κ3) is 4.80. The molecule has 3 rings (SSSR count). The number of aromatic nitrogens is 3. The minimum Gasteiger partial charge on any atom is -0.474 e. The largest absolute Gasteiger partial charge is 0.474 e. The van der Waals surface area contributed by atoms with Crippen molar-refractivity contribution >= 4 is 22.8 Å². The van der Waals surface area contributed by atoms with Crippen LogP contribution >= 0.6 is 0 Å². The molecule has 0 fully saturated rings. The highest BCUT2D eigenvalue weighted by molar-refractivity contribution is 5.93. The predicted octanol–water partition coefficient (Wildman–Crippen LogP) is 1.06. The number of aliphatic hydroxyl groups excluding tert-OH is 3. The third-order valence-electron chi connectivity index (χ3n) is 4.24. The Hall–Kier alpha value is -3.21. The Balaban J connectivity index is 1.79. The van der Waals surface area contributed by atoms with Crippen molar-refractivity contribution in [2.75, 3.05) is 18.5 Å². The van der Waals surface area contributed by atoms with Gasteiger partial charge in [-0.1, -0.05) is 30.3 Å². The lowest BCUT2D eigenvalue weighted by Crippen LogP contribution is -2.38. The number of nitrogens with one attached hydrogen (secondary N) is 3. The standard InChI is InChI=1S/C19H23N5O5/c1-11(27)17(12-5-3-2-4-6-12)22-19(28)21-15-9-13-16(14(10-26)20-15)18(24-23-13)29-8-7-25/h2-6,9,11,17,25-27H,7-8,10H2,1H3,(H,23,24)(H2,20,21,22,28)/t11-,17+/m0/s1. The van der Waals surface area contributed by atoms with E-state index in [1.165, 1.54) is 0 Å². The number of anilines is 1. The smallest absolute Gasteiger partial charge is 0.320 e. The average molecular weight is 401 g/mol. The Bertz CT molecular complexity index is 960. The fourth-order valence-corrected chi connectivity index (χ4v) is 2.95. The molecule has 10 heteroatoms. The highest BCUT2D eigenvalue weighted by Gasteiger charge is 2.21. The summed E-state index contributed by atoms with van der Waals surface area (Å²) in [7, 11) is 0. The van der Waals surface area contributed by atoms with Crippen LogP contribution in [-0.4, -0.2) is 55.8 Å². The van der Waals surface area contributed by atoms with E-state index in [1.807, 2.05) is 30.3 Å². The number of hydrogen-bond acceptors (Lipinski definition) is 7. The molecule has 10 nitrogen and oxygen atoms in total. The van der Waals surface area contributed by atoms with Crippen molar-refractivity contribution in [3.63, 3.8) is 0 Å². The highest BCUT2D eigenvalue weighted by atomic mass is 16.5. The van der Waals surface area contributed by atoms with Crippen LogP contribution in [0.3, 0.4) is 0 Å². The number of nitrogens with zero attached hydrogens (tertiary/aromatic N) is 2. The van der Waals surface area contributed by atoms with Gasteiger partial charge in [0, 0.05) is 6.07 Å². The number of ether oxygens (including phenoxy) is 1. The Kier molecular flexibility index (Phi) is 6.60. The van der Waals surface area contributed by atoms with Crippen LogP contribution in [0.15, 0.2) is 36.4 Å². The molecule has 0 saturated heterocycles. The molecule has 2 amide bonds. The second-order valence-electron chi connectivity index (χ2n) is 6.36. The average Bonchev–Trinajstić information content (AvgIpc) is 3.13. The lowest BCUT2D eigenvalue weighted by Gasteiger charge is -2.22. The molecule has 0 unspecified atom stereocenters.